The molecule has 1 aliphatic heterocycles. The molecule has 1 heterocycles. The van der Waals surface area contributed by atoms with Crippen molar-refractivity contribution in [3.05, 3.63) is 94.5 Å². The zero-order valence-corrected chi connectivity index (χ0v) is 24.0. The molecular weight excluding hydrogens is 590 g/mol. The number of hydrogen-bond donors (Lipinski definition) is 1. The average Bonchev–Trinajstić information content (AvgIpc) is 3.46. The van der Waals surface area contributed by atoms with Crippen LogP contribution < -0.4 is 5.32 Å². The summed E-state index contributed by atoms with van der Waals surface area (Å²) in [6, 6.07) is 22.1. The Kier molecular flexibility index (Phi) is 9.37. The van der Waals surface area contributed by atoms with E-state index < -0.39 is 26.0 Å². The first-order valence-electron chi connectivity index (χ1n) is 12.3. The molecule has 0 atom stereocenters. The molecule has 1 fully saturated rings. The number of benzene rings is 3. The molecule has 8 nitrogen and oxygen atoms in total. The molecule has 1 saturated heterocycles. The van der Waals surface area contributed by atoms with Gasteiger partial charge in [-0.05, 0) is 66.8 Å². The second-order valence-corrected chi connectivity index (χ2v) is 13.9. The molecule has 0 spiro atoms. The summed E-state index contributed by atoms with van der Waals surface area (Å²) in [4.78, 5) is 13.2. The number of nitrogens with zero attached hydrogens (tertiary/aromatic N) is 2. The summed E-state index contributed by atoms with van der Waals surface area (Å²) >= 11 is 3.32. The molecule has 1 amide bonds. The Hall–Kier alpha value is -2.57. The highest BCUT2D eigenvalue weighted by Gasteiger charge is 2.28. The summed E-state index contributed by atoms with van der Waals surface area (Å²) in [5, 5.41) is 2.79. The van der Waals surface area contributed by atoms with Crippen LogP contribution in [0.25, 0.3) is 0 Å². The smallest absolute Gasteiger partial charge is 0.243 e. The van der Waals surface area contributed by atoms with Crippen molar-refractivity contribution in [1.82, 2.24) is 13.9 Å². The third kappa shape index (κ3) is 7.09. The van der Waals surface area contributed by atoms with E-state index in [0.29, 0.717) is 19.5 Å². The first-order valence-corrected chi connectivity index (χ1v) is 16.0. The molecule has 11 heteroatoms. The fourth-order valence-electron chi connectivity index (χ4n) is 4.24. The molecule has 0 radical (unpaired) electrons. The lowest BCUT2D eigenvalue weighted by molar-refractivity contribution is -0.121. The van der Waals surface area contributed by atoms with Crippen LogP contribution in [0.3, 0.4) is 0 Å². The SMILES string of the molecule is O=C(CN(Cc1ccccc1)S(=O)(=O)c1ccc(Br)cc1)NCCc1ccc(S(=O)(=O)N2CCCC2)cc1. The number of halogens is 1. The van der Waals surface area contributed by atoms with Crippen LogP contribution in [-0.2, 0) is 37.8 Å². The van der Waals surface area contributed by atoms with E-state index >= 15 is 0 Å². The zero-order valence-electron chi connectivity index (χ0n) is 20.8. The third-order valence-electron chi connectivity index (χ3n) is 6.34. The minimum atomic E-state index is -3.92. The summed E-state index contributed by atoms with van der Waals surface area (Å²) in [7, 11) is -7.39. The summed E-state index contributed by atoms with van der Waals surface area (Å²) < 4.78 is 55.5. The highest BCUT2D eigenvalue weighted by atomic mass is 79.9. The summed E-state index contributed by atoms with van der Waals surface area (Å²) in [6.45, 7) is 1.11. The van der Waals surface area contributed by atoms with Crippen LogP contribution in [0.4, 0.5) is 0 Å². The average molecular weight is 621 g/mol. The Labute approximate surface area is 232 Å². The summed E-state index contributed by atoms with van der Waals surface area (Å²) in [5.41, 5.74) is 1.64. The Morgan fingerprint density at radius 2 is 1.42 bits per heavy atom. The highest BCUT2D eigenvalue weighted by molar-refractivity contribution is 9.10. The fourth-order valence-corrected chi connectivity index (χ4v) is 7.40. The predicted molar refractivity (Wildman–Crippen MR) is 149 cm³/mol. The Morgan fingerprint density at radius 1 is 0.816 bits per heavy atom. The maximum atomic E-state index is 13.4. The van der Waals surface area contributed by atoms with E-state index in [-0.39, 0.29) is 29.4 Å². The molecule has 0 saturated carbocycles. The lowest BCUT2D eigenvalue weighted by atomic mass is 10.1. The summed E-state index contributed by atoms with van der Waals surface area (Å²) in [5.74, 6) is -0.421. The number of rotatable bonds is 11. The molecule has 0 aliphatic carbocycles. The third-order valence-corrected chi connectivity index (χ3v) is 10.6. The lowest BCUT2D eigenvalue weighted by Gasteiger charge is -2.22. The van der Waals surface area contributed by atoms with Gasteiger partial charge in [0.05, 0.1) is 16.3 Å². The topological polar surface area (TPSA) is 104 Å². The van der Waals surface area contributed by atoms with Gasteiger partial charge in [0.2, 0.25) is 26.0 Å². The van der Waals surface area contributed by atoms with Gasteiger partial charge in [0.25, 0.3) is 0 Å². The van der Waals surface area contributed by atoms with Gasteiger partial charge in [-0.25, -0.2) is 16.8 Å². The van der Waals surface area contributed by atoms with Crippen LogP contribution in [0.5, 0.6) is 0 Å². The Bertz CT molecular complexity index is 1440. The van der Waals surface area contributed by atoms with Crippen LogP contribution in [0.1, 0.15) is 24.0 Å². The molecule has 4 rings (SSSR count). The van der Waals surface area contributed by atoms with Crippen LogP contribution in [-0.4, -0.2) is 57.5 Å². The van der Waals surface area contributed by atoms with Crippen molar-refractivity contribution in [3.8, 4) is 0 Å². The minimum Gasteiger partial charge on any atom is -0.355 e. The second-order valence-electron chi connectivity index (χ2n) is 9.07. The number of hydrogen-bond acceptors (Lipinski definition) is 5. The van der Waals surface area contributed by atoms with Gasteiger partial charge in [0, 0.05) is 30.7 Å². The van der Waals surface area contributed by atoms with Crippen molar-refractivity contribution in [2.45, 2.75) is 35.6 Å². The van der Waals surface area contributed by atoms with Crippen molar-refractivity contribution in [3.63, 3.8) is 0 Å². The maximum Gasteiger partial charge on any atom is 0.243 e. The van der Waals surface area contributed by atoms with E-state index in [9.17, 15) is 21.6 Å². The normalized spacial score (nSPS) is 14.6. The highest BCUT2D eigenvalue weighted by Crippen LogP contribution is 2.22. The van der Waals surface area contributed by atoms with E-state index in [1.165, 1.54) is 20.7 Å². The van der Waals surface area contributed by atoms with Crippen molar-refractivity contribution in [2.75, 3.05) is 26.2 Å². The van der Waals surface area contributed by atoms with Crippen LogP contribution in [0.15, 0.2) is 93.1 Å². The first kappa shape index (κ1) is 28.4. The first-order chi connectivity index (χ1) is 18.2. The number of carbonyl (C=O) groups is 1. The zero-order chi connectivity index (χ0) is 27.2. The molecular formula is C27H30BrN3O5S2. The van der Waals surface area contributed by atoms with Gasteiger partial charge in [0.15, 0.2) is 0 Å². The quantitative estimate of drug-likeness (QED) is 0.352. The van der Waals surface area contributed by atoms with Gasteiger partial charge in [0.1, 0.15) is 0 Å². The standard InChI is InChI=1S/C27H30BrN3O5S2/c28-24-10-14-26(15-11-24)38(35,36)31(20-23-6-2-1-3-7-23)21-27(32)29-17-16-22-8-12-25(13-9-22)37(33,34)30-18-4-5-19-30/h1-3,6-15H,4-5,16-21H2,(H,29,32). The fraction of sp³-hybridized carbons (Fsp3) is 0.296. The van der Waals surface area contributed by atoms with Gasteiger partial charge < -0.3 is 5.32 Å². The van der Waals surface area contributed by atoms with E-state index in [2.05, 4.69) is 21.2 Å². The number of nitrogens with one attached hydrogen (secondary N) is 1. The molecule has 1 aliphatic rings. The Balaban J connectivity index is 1.38. The van der Waals surface area contributed by atoms with Crippen molar-refractivity contribution in [1.29, 1.82) is 0 Å². The Morgan fingerprint density at radius 3 is 2.05 bits per heavy atom. The van der Waals surface area contributed by atoms with Crippen molar-refractivity contribution < 1.29 is 21.6 Å². The largest absolute Gasteiger partial charge is 0.355 e. The van der Waals surface area contributed by atoms with Gasteiger partial charge in [-0.2, -0.15) is 8.61 Å². The molecule has 1 N–H and O–H groups in total. The monoisotopic (exact) mass is 619 g/mol. The van der Waals surface area contributed by atoms with E-state index in [1.54, 1.807) is 36.4 Å². The predicted octanol–water partition coefficient (Wildman–Crippen LogP) is 3.78. The number of carbonyl (C=O) groups excluding carboxylic acids is 1. The van der Waals surface area contributed by atoms with Gasteiger partial charge in [-0.15, -0.1) is 0 Å². The summed E-state index contributed by atoms with van der Waals surface area (Å²) in [6.07, 6.45) is 2.24. The van der Waals surface area contributed by atoms with Gasteiger partial charge >= 0.3 is 0 Å². The molecule has 0 bridgehead atoms. The van der Waals surface area contributed by atoms with Gasteiger partial charge in [-0.3, -0.25) is 4.79 Å². The van der Waals surface area contributed by atoms with Crippen LogP contribution in [0.2, 0.25) is 0 Å². The molecule has 3 aromatic rings. The minimum absolute atomic E-state index is 0.0552. The molecule has 0 unspecified atom stereocenters. The lowest BCUT2D eigenvalue weighted by Crippen LogP contribution is -2.40. The molecule has 38 heavy (non-hydrogen) atoms. The van der Waals surface area contributed by atoms with E-state index in [1.807, 2.05) is 30.3 Å². The second kappa shape index (κ2) is 12.5. The van der Waals surface area contributed by atoms with Gasteiger partial charge in [-0.1, -0.05) is 58.4 Å². The molecule has 202 valence electrons. The molecule has 3 aromatic carbocycles. The molecule has 0 aromatic heterocycles. The number of amides is 1. The van der Waals surface area contributed by atoms with Crippen LogP contribution >= 0.6 is 15.9 Å². The van der Waals surface area contributed by atoms with E-state index in [0.717, 1.165) is 28.4 Å². The van der Waals surface area contributed by atoms with Crippen molar-refractivity contribution >= 4 is 41.9 Å². The maximum absolute atomic E-state index is 13.4. The van der Waals surface area contributed by atoms with E-state index in [4.69, 9.17) is 0 Å². The number of sulfonamides is 2. The van der Waals surface area contributed by atoms with Crippen molar-refractivity contribution in [2.24, 2.45) is 0 Å². The van der Waals surface area contributed by atoms with Crippen LogP contribution in [0, 0.1) is 0 Å².